The smallest absolute Gasteiger partial charge is 0.332 e. The van der Waals surface area contributed by atoms with Crippen molar-refractivity contribution in [3.63, 3.8) is 0 Å². The number of aldehydes is 1. The van der Waals surface area contributed by atoms with Gasteiger partial charge in [0.05, 0.1) is 24.1 Å². The number of aromatic nitrogens is 3. The molecule has 32 heavy (non-hydrogen) atoms. The number of benzene rings is 1. The van der Waals surface area contributed by atoms with E-state index in [9.17, 15) is 14.4 Å². The van der Waals surface area contributed by atoms with Crippen molar-refractivity contribution in [2.24, 2.45) is 0 Å². The average Bonchev–Trinajstić information content (AvgIpc) is 3.43. The van der Waals surface area contributed by atoms with Gasteiger partial charge in [0, 0.05) is 23.9 Å². The lowest BCUT2D eigenvalue weighted by Crippen LogP contribution is -2.34. The van der Waals surface area contributed by atoms with E-state index in [-0.39, 0.29) is 12.5 Å². The highest BCUT2D eigenvalue weighted by atomic mass is 16.5. The second-order valence-electron chi connectivity index (χ2n) is 7.69. The Bertz CT molecular complexity index is 1180. The Morgan fingerprint density at radius 3 is 2.72 bits per heavy atom. The molecule has 1 unspecified atom stereocenters. The summed E-state index contributed by atoms with van der Waals surface area (Å²) in [6.07, 6.45) is 5.84. The minimum absolute atomic E-state index is 0.203. The summed E-state index contributed by atoms with van der Waals surface area (Å²) >= 11 is 0. The number of amides is 3. The number of carbonyl (C=O) groups is 3. The molecular weight excluding hydrogens is 410 g/mol. The van der Waals surface area contributed by atoms with Gasteiger partial charge in [-0.05, 0) is 31.9 Å². The first kappa shape index (κ1) is 21.2. The molecule has 0 radical (unpaired) electrons. The van der Waals surface area contributed by atoms with Crippen molar-refractivity contribution in [1.82, 2.24) is 19.8 Å². The van der Waals surface area contributed by atoms with Gasteiger partial charge in [0.25, 0.3) is 5.91 Å². The molecule has 0 N–H and O–H groups in total. The number of imide groups is 1. The molecule has 3 heterocycles. The molecular formula is C23H23N5O4. The Morgan fingerprint density at radius 1 is 1.22 bits per heavy atom. The Morgan fingerprint density at radius 2 is 2.03 bits per heavy atom. The van der Waals surface area contributed by atoms with Crippen LogP contribution in [-0.4, -0.2) is 44.1 Å². The van der Waals surface area contributed by atoms with E-state index in [2.05, 4.69) is 16.8 Å². The van der Waals surface area contributed by atoms with Crippen molar-refractivity contribution in [2.75, 3.05) is 4.90 Å². The van der Waals surface area contributed by atoms with Gasteiger partial charge in [-0.15, -0.1) is 6.58 Å². The van der Waals surface area contributed by atoms with E-state index in [0.717, 1.165) is 28.0 Å². The van der Waals surface area contributed by atoms with Gasteiger partial charge in [0.2, 0.25) is 0 Å². The minimum Gasteiger partial charge on any atom is -0.361 e. The van der Waals surface area contributed by atoms with E-state index in [1.54, 1.807) is 35.2 Å². The first-order valence-electron chi connectivity index (χ1n) is 10.2. The van der Waals surface area contributed by atoms with Gasteiger partial charge in [-0.1, -0.05) is 29.4 Å². The third kappa shape index (κ3) is 3.84. The summed E-state index contributed by atoms with van der Waals surface area (Å²) in [6.45, 7) is 8.01. The van der Waals surface area contributed by atoms with Crippen LogP contribution < -0.4 is 4.90 Å². The van der Waals surface area contributed by atoms with Gasteiger partial charge in [0.1, 0.15) is 18.1 Å². The molecule has 1 saturated heterocycles. The van der Waals surface area contributed by atoms with E-state index in [1.807, 2.05) is 19.9 Å². The topological polar surface area (TPSA) is 102 Å². The van der Waals surface area contributed by atoms with Crippen molar-refractivity contribution in [3.8, 4) is 0 Å². The SMILES string of the molecule is C=CCC1C(=O)N(c2cnn(Cc3c(C)noc3C)c2)C(=O)N1Cc1cccc(C=O)c1. The fourth-order valence-corrected chi connectivity index (χ4v) is 3.85. The van der Waals surface area contributed by atoms with Crippen molar-refractivity contribution in [1.29, 1.82) is 0 Å². The lowest BCUT2D eigenvalue weighted by Gasteiger charge is -2.21. The largest absolute Gasteiger partial charge is 0.361 e. The Labute approximate surface area is 184 Å². The molecule has 1 fully saturated rings. The molecule has 0 spiro atoms. The number of anilines is 1. The van der Waals surface area contributed by atoms with Crippen molar-refractivity contribution >= 4 is 23.9 Å². The molecule has 0 aliphatic carbocycles. The van der Waals surface area contributed by atoms with E-state index in [4.69, 9.17) is 4.52 Å². The number of carbonyl (C=O) groups excluding carboxylic acids is 3. The van der Waals surface area contributed by atoms with Crippen LogP contribution >= 0.6 is 0 Å². The third-order valence-electron chi connectivity index (χ3n) is 5.53. The van der Waals surface area contributed by atoms with E-state index in [0.29, 0.717) is 30.0 Å². The van der Waals surface area contributed by atoms with E-state index >= 15 is 0 Å². The van der Waals surface area contributed by atoms with Crippen LogP contribution in [0.3, 0.4) is 0 Å². The number of nitrogens with zero attached hydrogens (tertiary/aromatic N) is 5. The van der Waals surface area contributed by atoms with Crippen LogP contribution in [0, 0.1) is 13.8 Å². The second kappa shape index (κ2) is 8.62. The van der Waals surface area contributed by atoms with Gasteiger partial charge in [-0.25, -0.2) is 9.69 Å². The molecule has 2 aromatic heterocycles. The number of hydrogen-bond acceptors (Lipinski definition) is 6. The average molecular weight is 433 g/mol. The normalized spacial score (nSPS) is 16.1. The summed E-state index contributed by atoms with van der Waals surface area (Å²) in [5.74, 6) is 0.362. The highest BCUT2D eigenvalue weighted by Gasteiger charge is 2.45. The van der Waals surface area contributed by atoms with E-state index < -0.39 is 12.1 Å². The van der Waals surface area contributed by atoms with Gasteiger partial charge >= 0.3 is 6.03 Å². The zero-order valence-corrected chi connectivity index (χ0v) is 17.9. The number of aryl methyl sites for hydroxylation is 2. The van der Waals surface area contributed by atoms with Crippen LogP contribution in [0.1, 0.15) is 39.4 Å². The zero-order valence-electron chi connectivity index (χ0n) is 17.9. The number of hydrogen-bond donors (Lipinski definition) is 0. The summed E-state index contributed by atoms with van der Waals surface area (Å²) in [7, 11) is 0. The van der Waals surface area contributed by atoms with Crippen LogP contribution in [-0.2, 0) is 17.9 Å². The molecule has 3 aromatic rings. The summed E-state index contributed by atoms with van der Waals surface area (Å²) in [5, 5.41) is 8.25. The summed E-state index contributed by atoms with van der Waals surface area (Å²) in [6, 6.07) is 5.86. The molecule has 164 valence electrons. The molecule has 3 amide bonds. The number of rotatable bonds is 8. The number of urea groups is 1. The summed E-state index contributed by atoms with van der Waals surface area (Å²) in [5.41, 5.74) is 3.34. The van der Waals surface area contributed by atoms with Crippen LogP contribution in [0.5, 0.6) is 0 Å². The minimum atomic E-state index is -0.675. The van der Waals surface area contributed by atoms with E-state index in [1.165, 1.54) is 11.1 Å². The Hall–Kier alpha value is -4.01. The van der Waals surface area contributed by atoms with Gasteiger partial charge in [0.15, 0.2) is 0 Å². The highest BCUT2D eigenvalue weighted by Crippen LogP contribution is 2.28. The zero-order chi connectivity index (χ0) is 22.8. The molecule has 9 heteroatoms. The first-order chi connectivity index (χ1) is 15.4. The van der Waals surface area contributed by atoms with Gasteiger partial charge in [-0.2, -0.15) is 5.10 Å². The quantitative estimate of drug-likeness (QED) is 0.307. The molecule has 0 saturated carbocycles. The van der Waals surface area contributed by atoms with Crippen LogP contribution in [0.2, 0.25) is 0 Å². The van der Waals surface area contributed by atoms with Crippen LogP contribution in [0.25, 0.3) is 0 Å². The van der Waals surface area contributed by atoms with Crippen molar-refractivity contribution in [3.05, 3.63) is 77.5 Å². The molecule has 4 rings (SSSR count). The lowest BCUT2D eigenvalue weighted by molar-refractivity contribution is -0.119. The maximum absolute atomic E-state index is 13.3. The maximum Gasteiger partial charge on any atom is 0.332 e. The molecule has 1 aromatic carbocycles. The molecule has 1 atom stereocenters. The summed E-state index contributed by atoms with van der Waals surface area (Å²) in [4.78, 5) is 40.2. The standard InChI is InChI=1S/C23H23N5O4/c1-4-6-21-22(30)28(23(31)27(21)11-17-7-5-8-18(9-17)14-29)19-10-24-26(12-19)13-20-15(2)25-32-16(20)3/h4-5,7-10,12,14,21H,1,6,11,13H2,2-3H3. The summed E-state index contributed by atoms with van der Waals surface area (Å²) < 4.78 is 6.83. The Kier molecular flexibility index (Phi) is 5.72. The predicted octanol–water partition coefficient (Wildman–Crippen LogP) is 3.26. The van der Waals surface area contributed by atoms with Gasteiger partial charge in [-0.3, -0.25) is 14.3 Å². The molecule has 0 bridgehead atoms. The monoisotopic (exact) mass is 433 g/mol. The molecule has 1 aliphatic heterocycles. The van der Waals surface area contributed by atoms with Crippen molar-refractivity contribution < 1.29 is 18.9 Å². The Balaban J connectivity index is 1.60. The van der Waals surface area contributed by atoms with Crippen LogP contribution in [0.4, 0.5) is 10.5 Å². The van der Waals surface area contributed by atoms with Crippen molar-refractivity contribution in [2.45, 2.75) is 39.4 Å². The highest BCUT2D eigenvalue weighted by molar-refractivity contribution is 6.21. The van der Waals surface area contributed by atoms with Crippen LogP contribution in [0.15, 0.2) is 53.8 Å². The van der Waals surface area contributed by atoms with Gasteiger partial charge < -0.3 is 9.42 Å². The third-order valence-corrected chi connectivity index (χ3v) is 5.53. The maximum atomic E-state index is 13.3. The first-order valence-corrected chi connectivity index (χ1v) is 10.2. The lowest BCUT2D eigenvalue weighted by atomic mass is 10.1. The fourth-order valence-electron chi connectivity index (χ4n) is 3.85. The molecule has 9 nitrogen and oxygen atoms in total. The second-order valence-corrected chi connectivity index (χ2v) is 7.69. The predicted molar refractivity (Wildman–Crippen MR) is 116 cm³/mol. The molecule has 1 aliphatic rings. The fraction of sp³-hybridized carbons (Fsp3) is 0.261.